The van der Waals surface area contributed by atoms with Crippen molar-refractivity contribution in [3.8, 4) is 11.5 Å². The zero-order chi connectivity index (χ0) is 17.6. The Kier molecular flexibility index (Phi) is 7.56. The number of ether oxygens (including phenoxy) is 1. The highest BCUT2D eigenvalue weighted by atomic mass is 127. The third kappa shape index (κ3) is 3.92. The molecule has 2 aromatic rings. The highest BCUT2D eigenvalue weighted by Crippen LogP contribution is 2.46. The summed E-state index contributed by atoms with van der Waals surface area (Å²) in [5.74, 6) is 1.25. The van der Waals surface area contributed by atoms with Crippen molar-refractivity contribution < 1.29 is 4.74 Å². The molecule has 11 heteroatoms. The second-order valence-electron chi connectivity index (χ2n) is 4.30. The Hall–Kier alpha value is 1.82. The van der Waals surface area contributed by atoms with E-state index in [4.69, 9.17) is 27.7 Å². The number of rotatable bonds is 2. The van der Waals surface area contributed by atoms with E-state index in [1.807, 2.05) is 0 Å². The first kappa shape index (κ1) is 21.1. The van der Waals surface area contributed by atoms with Crippen molar-refractivity contribution in [1.29, 1.82) is 0 Å². The maximum absolute atomic E-state index is 6.18. The Balaban J connectivity index is 2.71. The van der Waals surface area contributed by atoms with Crippen molar-refractivity contribution in [2.24, 2.45) is 0 Å². The maximum atomic E-state index is 6.18. The van der Waals surface area contributed by atoms with Crippen molar-refractivity contribution in [2.45, 2.75) is 0 Å². The lowest BCUT2D eigenvalue weighted by molar-refractivity contribution is 0.470. The van der Waals surface area contributed by atoms with E-state index in [2.05, 4.69) is 136 Å². The van der Waals surface area contributed by atoms with Crippen molar-refractivity contribution in [3.63, 3.8) is 0 Å². The summed E-state index contributed by atoms with van der Waals surface area (Å²) in [6.07, 6.45) is 0. The first-order valence-electron chi connectivity index (χ1n) is 5.70. The van der Waals surface area contributed by atoms with Crippen molar-refractivity contribution >= 4 is 158 Å². The van der Waals surface area contributed by atoms with E-state index < -0.39 is 0 Å². The quantitative estimate of drug-likeness (QED) is 0.237. The SMILES string of the molecule is Nc1c(I)c(N)c(I)c(Oc2c(I)c(N)c(I)c(N)c2I)c1I. The van der Waals surface area contributed by atoms with E-state index in [1.165, 1.54) is 0 Å². The van der Waals surface area contributed by atoms with Gasteiger partial charge in [0.05, 0.1) is 44.2 Å². The number of hydrogen-bond donors (Lipinski definition) is 4. The first-order valence-corrected chi connectivity index (χ1v) is 12.2. The van der Waals surface area contributed by atoms with Crippen LogP contribution >= 0.6 is 136 Å². The molecule has 0 fully saturated rings. The predicted octanol–water partition coefficient (Wildman–Crippen LogP) is 5.44. The van der Waals surface area contributed by atoms with Gasteiger partial charge in [-0.1, -0.05) is 0 Å². The fraction of sp³-hybridized carbons (Fsp3) is 0. The minimum Gasteiger partial charge on any atom is -0.453 e. The number of halogens is 6. The van der Waals surface area contributed by atoms with Gasteiger partial charge in [-0.2, -0.15) is 0 Å². The fourth-order valence-electron chi connectivity index (χ4n) is 1.64. The summed E-state index contributed by atoms with van der Waals surface area (Å²) in [7, 11) is 0. The molecule has 0 aliphatic carbocycles. The summed E-state index contributed by atoms with van der Waals surface area (Å²) in [6.45, 7) is 0. The highest BCUT2D eigenvalue weighted by molar-refractivity contribution is 14.1. The fourth-order valence-corrected chi connectivity index (χ4v) is 8.41. The van der Waals surface area contributed by atoms with Gasteiger partial charge < -0.3 is 27.7 Å². The zero-order valence-corrected chi connectivity index (χ0v) is 23.9. The summed E-state index contributed by atoms with van der Waals surface area (Å²) >= 11 is 12.9. The molecule has 0 aromatic heterocycles. The highest BCUT2D eigenvalue weighted by Gasteiger charge is 2.23. The smallest absolute Gasteiger partial charge is 0.158 e. The molecule has 0 spiro atoms. The van der Waals surface area contributed by atoms with Crippen LogP contribution in [0.5, 0.6) is 11.5 Å². The van der Waals surface area contributed by atoms with Crippen LogP contribution in [0.15, 0.2) is 0 Å². The van der Waals surface area contributed by atoms with Crippen LogP contribution in [0.3, 0.4) is 0 Å². The van der Waals surface area contributed by atoms with Crippen LogP contribution in [0.4, 0.5) is 22.7 Å². The molecule has 5 nitrogen and oxygen atoms in total. The van der Waals surface area contributed by atoms with Crippen molar-refractivity contribution in [3.05, 3.63) is 21.4 Å². The number of benzene rings is 2. The molecule has 0 heterocycles. The third-order valence-corrected chi connectivity index (χ3v) is 9.50. The first-order chi connectivity index (χ1) is 10.6. The topological polar surface area (TPSA) is 113 Å². The minimum atomic E-state index is 0.607. The minimum absolute atomic E-state index is 0.607. The van der Waals surface area contributed by atoms with Crippen LogP contribution in [-0.2, 0) is 0 Å². The molecule has 2 rings (SSSR count). The molecule has 124 valence electrons. The molecule has 8 N–H and O–H groups in total. The van der Waals surface area contributed by atoms with E-state index in [1.54, 1.807) is 0 Å². The molecule has 0 atom stereocenters. The van der Waals surface area contributed by atoms with E-state index in [0.29, 0.717) is 34.2 Å². The summed E-state index contributed by atoms with van der Waals surface area (Å²) in [6, 6.07) is 0. The number of nitrogens with two attached hydrogens (primary N) is 4. The molecule has 2 aromatic carbocycles. The van der Waals surface area contributed by atoms with Gasteiger partial charge in [-0.15, -0.1) is 0 Å². The van der Waals surface area contributed by atoms with E-state index in [0.717, 1.165) is 21.4 Å². The Morgan fingerprint density at radius 2 is 0.652 bits per heavy atom. The van der Waals surface area contributed by atoms with Gasteiger partial charge in [0.1, 0.15) is 0 Å². The van der Waals surface area contributed by atoms with Crippen LogP contribution in [0.1, 0.15) is 0 Å². The Labute approximate surface area is 215 Å². The molecule has 0 unspecified atom stereocenters. The molecule has 0 aliphatic rings. The molecule has 0 saturated carbocycles. The van der Waals surface area contributed by atoms with Gasteiger partial charge in [0.25, 0.3) is 0 Å². The van der Waals surface area contributed by atoms with Crippen LogP contribution in [0.2, 0.25) is 0 Å². The third-order valence-electron chi connectivity index (χ3n) is 2.89. The van der Waals surface area contributed by atoms with Gasteiger partial charge in [-0.25, -0.2) is 0 Å². The summed E-state index contributed by atoms with van der Waals surface area (Å²) in [5.41, 5.74) is 27.0. The van der Waals surface area contributed by atoms with Crippen LogP contribution in [0.25, 0.3) is 0 Å². The van der Waals surface area contributed by atoms with Crippen LogP contribution in [0, 0.1) is 21.4 Å². The summed E-state index contributed by atoms with van der Waals surface area (Å²) in [5, 5.41) is 0. The average Bonchev–Trinajstić information content (AvgIpc) is 2.54. The second-order valence-corrected chi connectivity index (χ2v) is 10.8. The standard InChI is InChI=1S/C12H8I6N4O/c13-1-7(19)3(15)11(4(16)8(1)20)23-12-5(17)9(21)2(14)10(22)6(12)18/h19-22H2. The van der Waals surface area contributed by atoms with Gasteiger partial charge >= 0.3 is 0 Å². The zero-order valence-electron chi connectivity index (χ0n) is 11.0. The maximum Gasteiger partial charge on any atom is 0.158 e. The van der Waals surface area contributed by atoms with Gasteiger partial charge in [-0.3, -0.25) is 0 Å². The summed E-state index contributed by atoms with van der Waals surface area (Å²) in [4.78, 5) is 0. The van der Waals surface area contributed by atoms with Gasteiger partial charge in [0.15, 0.2) is 11.5 Å². The lowest BCUT2D eigenvalue weighted by Crippen LogP contribution is -2.08. The number of anilines is 4. The normalized spacial score (nSPS) is 10.9. The Bertz CT molecular complexity index is 701. The molecule has 0 bridgehead atoms. The average molecular weight is 986 g/mol. The van der Waals surface area contributed by atoms with Gasteiger partial charge in [0, 0.05) is 0 Å². The lowest BCUT2D eigenvalue weighted by Gasteiger charge is -2.19. The number of hydrogen-bond acceptors (Lipinski definition) is 5. The van der Waals surface area contributed by atoms with Crippen molar-refractivity contribution in [1.82, 2.24) is 0 Å². The van der Waals surface area contributed by atoms with Gasteiger partial charge in [-0.05, 0) is 136 Å². The Morgan fingerprint density at radius 3 is 0.870 bits per heavy atom. The van der Waals surface area contributed by atoms with E-state index >= 15 is 0 Å². The van der Waals surface area contributed by atoms with E-state index in [-0.39, 0.29) is 0 Å². The molecule has 0 saturated heterocycles. The van der Waals surface area contributed by atoms with Crippen LogP contribution < -0.4 is 27.7 Å². The Morgan fingerprint density at radius 1 is 0.435 bits per heavy atom. The second kappa shape index (κ2) is 8.23. The molecular weight excluding hydrogens is 978 g/mol. The largest absolute Gasteiger partial charge is 0.453 e. The van der Waals surface area contributed by atoms with E-state index in [9.17, 15) is 0 Å². The molecule has 23 heavy (non-hydrogen) atoms. The van der Waals surface area contributed by atoms with Crippen molar-refractivity contribution in [2.75, 3.05) is 22.9 Å². The molecular formula is C12H8I6N4O. The lowest BCUT2D eigenvalue weighted by atomic mass is 10.2. The summed E-state index contributed by atoms with van der Waals surface area (Å²) < 4.78 is 11.1. The monoisotopic (exact) mass is 985 g/mol. The molecule has 0 amide bonds. The van der Waals surface area contributed by atoms with Crippen LogP contribution in [-0.4, -0.2) is 0 Å². The molecule has 0 aliphatic heterocycles. The predicted molar refractivity (Wildman–Crippen MR) is 147 cm³/mol. The van der Waals surface area contributed by atoms with Gasteiger partial charge in [0.2, 0.25) is 0 Å². The molecule has 0 radical (unpaired) electrons. The number of nitrogen functional groups attached to an aromatic ring is 4.